The molecule has 0 N–H and O–H groups in total. The second-order valence-electron chi connectivity index (χ2n) is 13.5. The van der Waals surface area contributed by atoms with Gasteiger partial charge in [-0.15, -0.1) is 0 Å². The fourth-order valence-electron chi connectivity index (χ4n) is 8.95. The van der Waals surface area contributed by atoms with E-state index in [2.05, 4.69) is 143 Å². The van der Waals surface area contributed by atoms with E-state index >= 15 is 0 Å². The number of aromatic nitrogens is 2. The summed E-state index contributed by atoms with van der Waals surface area (Å²) in [5.41, 5.74) is 14.0. The molecule has 4 nitrogen and oxygen atoms in total. The van der Waals surface area contributed by atoms with E-state index in [4.69, 9.17) is 4.74 Å². The lowest BCUT2D eigenvalue weighted by molar-refractivity contribution is 0.190. The molecule has 5 aromatic carbocycles. The molecule has 230 valence electrons. The molecule has 0 saturated carbocycles. The molecule has 0 spiro atoms. The van der Waals surface area contributed by atoms with Crippen LogP contribution in [0.3, 0.4) is 0 Å². The molecule has 0 amide bonds. The number of hydrogen-bond donors (Lipinski definition) is 0. The van der Waals surface area contributed by atoms with E-state index in [1.165, 1.54) is 55.6 Å². The maximum absolute atomic E-state index is 10.1. The van der Waals surface area contributed by atoms with Gasteiger partial charge in [0.1, 0.15) is 11.9 Å². The number of hydrogen-bond acceptors (Lipinski definition) is 2. The van der Waals surface area contributed by atoms with Crippen LogP contribution in [0.2, 0.25) is 0 Å². The van der Waals surface area contributed by atoms with E-state index < -0.39 is 0 Å². The van der Waals surface area contributed by atoms with E-state index in [-0.39, 0.29) is 12.0 Å². The lowest BCUT2D eigenvalue weighted by Crippen LogP contribution is -2.21. The molecule has 4 heteroatoms. The normalized spacial score (nSPS) is 19.0. The summed E-state index contributed by atoms with van der Waals surface area (Å²) in [5.74, 6) is 1.53. The third-order valence-corrected chi connectivity index (χ3v) is 10.9. The van der Waals surface area contributed by atoms with Crippen LogP contribution in [0.25, 0.3) is 50.4 Å². The number of benzene rings is 5. The summed E-state index contributed by atoms with van der Waals surface area (Å²) in [5, 5.41) is 12.6. The molecule has 7 aromatic rings. The Kier molecular flexibility index (Phi) is 5.90. The van der Waals surface area contributed by atoms with Crippen molar-refractivity contribution in [1.82, 2.24) is 9.13 Å². The zero-order chi connectivity index (χ0) is 31.9. The van der Waals surface area contributed by atoms with Crippen molar-refractivity contribution in [2.24, 2.45) is 0 Å². The van der Waals surface area contributed by atoms with Crippen LogP contribution in [0.4, 0.5) is 0 Å². The van der Waals surface area contributed by atoms with Crippen LogP contribution < -0.4 is 4.74 Å². The highest BCUT2D eigenvalue weighted by Gasteiger charge is 2.45. The number of fused-ring (bicyclic) bond motifs is 10. The van der Waals surface area contributed by atoms with Crippen LogP contribution in [0.15, 0.2) is 121 Å². The van der Waals surface area contributed by atoms with Gasteiger partial charge in [0.25, 0.3) is 0 Å². The molecule has 10 rings (SSSR count). The Morgan fingerprint density at radius 3 is 2.38 bits per heavy atom. The second kappa shape index (κ2) is 10.4. The van der Waals surface area contributed by atoms with Crippen molar-refractivity contribution < 1.29 is 4.74 Å². The summed E-state index contributed by atoms with van der Waals surface area (Å²) in [4.78, 5) is 0. The monoisotopic (exact) mass is 619 g/mol. The van der Waals surface area contributed by atoms with E-state index in [0.29, 0.717) is 11.5 Å². The Bertz CT molecular complexity index is 2510. The number of para-hydroxylation sites is 4. The smallest absolute Gasteiger partial charge is 0.133 e. The topological polar surface area (TPSA) is 42.9 Å². The number of rotatable bonds is 3. The van der Waals surface area contributed by atoms with Gasteiger partial charge in [-0.2, -0.15) is 5.26 Å². The van der Waals surface area contributed by atoms with Crippen LogP contribution in [0, 0.1) is 11.3 Å². The molecule has 2 unspecified atom stereocenters. The molecule has 0 radical (unpaired) electrons. The van der Waals surface area contributed by atoms with Gasteiger partial charge in [-0.3, -0.25) is 0 Å². The van der Waals surface area contributed by atoms with Gasteiger partial charge < -0.3 is 13.9 Å². The molecule has 3 heterocycles. The van der Waals surface area contributed by atoms with Crippen molar-refractivity contribution in [3.05, 3.63) is 155 Å². The first kappa shape index (κ1) is 27.3. The lowest BCUT2D eigenvalue weighted by Gasteiger charge is -2.31. The highest BCUT2D eigenvalue weighted by molar-refractivity contribution is 5.95. The summed E-state index contributed by atoms with van der Waals surface area (Å²) in [7, 11) is 0. The van der Waals surface area contributed by atoms with Crippen molar-refractivity contribution in [3.63, 3.8) is 0 Å². The summed E-state index contributed by atoms with van der Waals surface area (Å²) in [6.45, 7) is 2.37. The third kappa shape index (κ3) is 3.76. The third-order valence-electron chi connectivity index (χ3n) is 10.9. The van der Waals surface area contributed by atoms with Crippen molar-refractivity contribution in [2.75, 3.05) is 0 Å². The molecule has 1 aliphatic heterocycles. The number of nitriles is 1. The largest absolute Gasteiger partial charge is 0.484 e. The Labute approximate surface area is 279 Å². The molecule has 3 atom stereocenters. The van der Waals surface area contributed by atoms with Crippen LogP contribution in [-0.4, -0.2) is 9.13 Å². The van der Waals surface area contributed by atoms with Crippen LogP contribution in [0.1, 0.15) is 71.3 Å². The minimum absolute atomic E-state index is 0.0879. The highest BCUT2D eigenvalue weighted by Crippen LogP contribution is 2.59. The van der Waals surface area contributed by atoms with Gasteiger partial charge in [-0.1, -0.05) is 91.9 Å². The van der Waals surface area contributed by atoms with Gasteiger partial charge in [0.05, 0.1) is 28.4 Å². The van der Waals surface area contributed by atoms with E-state index in [1.807, 2.05) is 6.07 Å². The molecule has 2 aliphatic carbocycles. The summed E-state index contributed by atoms with van der Waals surface area (Å²) < 4.78 is 12.1. The molecule has 2 aromatic heterocycles. The quantitative estimate of drug-likeness (QED) is 0.197. The van der Waals surface area contributed by atoms with Crippen molar-refractivity contribution >= 4 is 27.9 Å². The van der Waals surface area contributed by atoms with Gasteiger partial charge in [-0.05, 0) is 67.6 Å². The number of nitrogens with zero attached hydrogens (tertiary/aromatic N) is 3. The van der Waals surface area contributed by atoms with Gasteiger partial charge in [-0.25, -0.2) is 0 Å². The van der Waals surface area contributed by atoms with Crippen LogP contribution in [0.5, 0.6) is 5.75 Å². The Balaban J connectivity index is 1.19. The fraction of sp³-hybridized carbons (Fsp3) is 0.159. The molecule has 0 bridgehead atoms. The maximum Gasteiger partial charge on any atom is 0.133 e. The standard InChI is InChI=1S/C44H33N3O/c1-27-24-36-33-18-11-17-32(43(33)48-44(36)41-34-16-7-10-21-39(34)46(42(27)41)29-12-3-2-4-13-29)35-25-28(26-45)22-23-40(35)47-37-19-8-5-14-30(37)31-15-6-9-20-38(31)47/h2-8,10-19,21-23,25,27,36,44H,9,20,24H2,1H3/t27-,36?,44?/m1/s1. The first-order valence-corrected chi connectivity index (χ1v) is 17.0. The van der Waals surface area contributed by atoms with Gasteiger partial charge in [0, 0.05) is 61.6 Å². The van der Waals surface area contributed by atoms with Crippen LogP contribution in [-0.2, 0) is 6.42 Å². The van der Waals surface area contributed by atoms with E-state index in [0.717, 1.165) is 41.8 Å². The Morgan fingerprint density at radius 1 is 0.771 bits per heavy atom. The Hall–Kier alpha value is -5.79. The fourth-order valence-corrected chi connectivity index (χ4v) is 8.95. The zero-order valence-corrected chi connectivity index (χ0v) is 26.7. The zero-order valence-electron chi connectivity index (χ0n) is 26.7. The number of ether oxygens (including phenoxy) is 1. The average molecular weight is 620 g/mol. The summed E-state index contributed by atoms with van der Waals surface area (Å²) in [6.07, 6.45) is 7.46. The predicted molar refractivity (Wildman–Crippen MR) is 193 cm³/mol. The lowest BCUT2D eigenvalue weighted by atomic mass is 9.76. The van der Waals surface area contributed by atoms with Crippen molar-refractivity contribution in [2.45, 2.75) is 44.1 Å². The van der Waals surface area contributed by atoms with Gasteiger partial charge >= 0.3 is 0 Å². The van der Waals surface area contributed by atoms with Gasteiger partial charge in [0.15, 0.2) is 0 Å². The first-order valence-electron chi connectivity index (χ1n) is 17.0. The SMILES string of the molecule is C[C@@H]1CC2c3cccc(-c4cc(C#N)ccc4-n4c5c(c6ccccc64)C=CCC5)c3OC2c2c1n(-c1ccccc1)c1ccccc21. The predicted octanol–water partition coefficient (Wildman–Crippen LogP) is 10.8. The summed E-state index contributed by atoms with van der Waals surface area (Å²) in [6, 6.07) is 43.4. The van der Waals surface area contributed by atoms with Crippen LogP contribution >= 0.6 is 0 Å². The molecule has 0 fully saturated rings. The van der Waals surface area contributed by atoms with Gasteiger partial charge in [0.2, 0.25) is 0 Å². The number of allylic oxidation sites excluding steroid dienone is 1. The van der Waals surface area contributed by atoms with Crippen molar-refractivity contribution in [1.29, 1.82) is 5.26 Å². The van der Waals surface area contributed by atoms with Crippen molar-refractivity contribution in [3.8, 4) is 34.3 Å². The minimum Gasteiger partial charge on any atom is -0.484 e. The first-order chi connectivity index (χ1) is 23.7. The van der Waals surface area contributed by atoms with E-state index in [1.54, 1.807) is 0 Å². The molecule has 48 heavy (non-hydrogen) atoms. The molecular weight excluding hydrogens is 587 g/mol. The van der Waals surface area contributed by atoms with E-state index in [9.17, 15) is 5.26 Å². The minimum atomic E-state index is -0.0879. The molecule has 3 aliphatic rings. The molecular formula is C44H33N3O. The summed E-state index contributed by atoms with van der Waals surface area (Å²) >= 11 is 0. The highest BCUT2D eigenvalue weighted by atomic mass is 16.5. The molecule has 0 saturated heterocycles. The average Bonchev–Trinajstić information content (AvgIpc) is 3.80. The second-order valence-corrected chi connectivity index (χ2v) is 13.5. The Morgan fingerprint density at radius 2 is 1.54 bits per heavy atom. The maximum atomic E-state index is 10.1.